The molecule has 3 rings (SSSR count). The van der Waals surface area contributed by atoms with Gasteiger partial charge in [0.2, 0.25) is 5.78 Å². The number of hydrogen-bond donors (Lipinski definition) is 0. The molecule has 170 valence electrons. The van der Waals surface area contributed by atoms with E-state index in [1.165, 1.54) is 25.3 Å². The Morgan fingerprint density at radius 3 is 2.42 bits per heavy atom. The molecule has 0 bridgehead atoms. The number of carbonyl (C=O) groups excluding carboxylic acids is 3. The predicted octanol–water partition coefficient (Wildman–Crippen LogP) is 3.31. The van der Waals surface area contributed by atoms with Crippen LogP contribution in [0, 0.1) is 12.7 Å². The van der Waals surface area contributed by atoms with Crippen LogP contribution in [0.3, 0.4) is 0 Å². The summed E-state index contributed by atoms with van der Waals surface area (Å²) < 4.78 is 29.9. The predicted molar refractivity (Wildman–Crippen MR) is 117 cm³/mol. The lowest BCUT2D eigenvalue weighted by atomic mass is 10.1. The van der Waals surface area contributed by atoms with Gasteiger partial charge in [0.15, 0.2) is 0 Å². The Kier molecular flexibility index (Phi) is 7.34. The zero-order valence-electron chi connectivity index (χ0n) is 18.2. The maximum absolute atomic E-state index is 13.1. The van der Waals surface area contributed by atoms with Gasteiger partial charge in [0.25, 0.3) is 6.10 Å². The van der Waals surface area contributed by atoms with E-state index >= 15 is 0 Å². The number of methoxy groups -OCH3 is 2. The first-order chi connectivity index (χ1) is 15.8. The third-order valence-corrected chi connectivity index (χ3v) is 4.62. The smallest absolute Gasteiger partial charge is 0.355 e. The van der Waals surface area contributed by atoms with E-state index in [4.69, 9.17) is 9.47 Å². The second-order valence-corrected chi connectivity index (χ2v) is 6.90. The van der Waals surface area contributed by atoms with Crippen LogP contribution < -0.4 is 4.74 Å². The second kappa shape index (κ2) is 10.4. The van der Waals surface area contributed by atoms with Crippen LogP contribution in [0.15, 0.2) is 61.1 Å². The number of aryl methyl sites for hydroxylation is 1. The van der Waals surface area contributed by atoms with E-state index in [-0.39, 0.29) is 5.56 Å². The molecule has 9 heteroatoms. The number of ether oxygens (including phenoxy) is 3. The number of Topliss-reactive ketones (excluding diaryl/α,β-unsaturated/α-hetero) is 1. The van der Waals surface area contributed by atoms with Crippen molar-refractivity contribution >= 4 is 23.8 Å². The molecule has 0 N–H and O–H groups in total. The topological polar surface area (TPSA) is 96.7 Å². The van der Waals surface area contributed by atoms with Crippen LogP contribution in [0.25, 0.3) is 11.8 Å². The van der Waals surface area contributed by atoms with E-state index in [1.807, 2.05) is 13.1 Å². The fourth-order valence-corrected chi connectivity index (χ4v) is 2.97. The Hall–Kier alpha value is -4.27. The molecule has 0 saturated heterocycles. The minimum absolute atomic E-state index is 0.00126. The highest BCUT2D eigenvalue weighted by atomic mass is 19.1. The molecule has 3 aromatic rings. The lowest BCUT2D eigenvalue weighted by Gasteiger charge is -2.13. The standard InChI is InChI=1S/C24H21FN2O6/c1-15-13-27(14-26-15)19-10-4-16(12-20(19)31-2)5-11-21(28)33-23(24(30)32-3)22(29)17-6-8-18(25)9-7-17/h4-14,23H,1-3H3. The summed E-state index contributed by atoms with van der Waals surface area (Å²) in [6.07, 6.45) is 4.20. The highest BCUT2D eigenvalue weighted by Crippen LogP contribution is 2.25. The largest absolute Gasteiger partial charge is 0.495 e. The van der Waals surface area contributed by atoms with Gasteiger partial charge in [0.05, 0.1) is 31.9 Å². The Balaban J connectivity index is 1.76. The highest BCUT2D eigenvalue weighted by Gasteiger charge is 2.32. The van der Waals surface area contributed by atoms with Crippen molar-refractivity contribution in [3.8, 4) is 11.4 Å². The number of halogens is 1. The van der Waals surface area contributed by atoms with E-state index in [0.29, 0.717) is 11.3 Å². The Morgan fingerprint density at radius 2 is 1.82 bits per heavy atom. The van der Waals surface area contributed by atoms with Crippen LogP contribution in [-0.4, -0.2) is 47.6 Å². The minimum atomic E-state index is -1.82. The van der Waals surface area contributed by atoms with Gasteiger partial charge in [-0.1, -0.05) is 6.07 Å². The van der Waals surface area contributed by atoms with E-state index in [2.05, 4.69) is 9.72 Å². The number of imidazole rings is 1. The van der Waals surface area contributed by atoms with Crippen molar-refractivity contribution in [1.82, 2.24) is 9.55 Å². The third-order valence-electron chi connectivity index (χ3n) is 4.62. The van der Waals surface area contributed by atoms with Crippen LogP contribution in [0.1, 0.15) is 21.6 Å². The fourth-order valence-electron chi connectivity index (χ4n) is 2.97. The van der Waals surface area contributed by atoms with Crippen LogP contribution in [0.4, 0.5) is 4.39 Å². The van der Waals surface area contributed by atoms with Gasteiger partial charge in [-0.15, -0.1) is 0 Å². The third kappa shape index (κ3) is 5.70. The summed E-state index contributed by atoms with van der Waals surface area (Å²) in [7, 11) is 2.58. The van der Waals surface area contributed by atoms with E-state index in [0.717, 1.165) is 36.7 Å². The van der Waals surface area contributed by atoms with E-state index in [1.54, 1.807) is 29.1 Å². The Bertz CT molecular complexity index is 1200. The normalized spacial score (nSPS) is 11.8. The monoisotopic (exact) mass is 452 g/mol. The maximum atomic E-state index is 13.1. The first-order valence-electron chi connectivity index (χ1n) is 9.77. The molecule has 1 aromatic heterocycles. The quantitative estimate of drug-likeness (QED) is 0.224. The summed E-state index contributed by atoms with van der Waals surface area (Å²) in [4.78, 5) is 41.1. The van der Waals surface area contributed by atoms with Gasteiger partial charge in [0.1, 0.15) is 11.6 Å². The molecule has 1 atom stereocenters. The summed E-state index contributed by atoms with van der Waals surface area (Å²) in [5.41, 5.74) is 2.22. The first kappa shape index (κ1) is 23.4. The van der Waals surface area contributed by atoms with Crippen molar-refractivity contribution in [3.63, 3.8) is 0 Å². The van der Waals surface area contributed by atoms with Crippen LogP contribution >= 0.6 is 0 Å². The number of carbonyl (C=O) groups is 3. The molecular formula is C24H21FN2O6. The molecule has 0 saturated carbocycles. The SMILES string of the molecule is COC(=O)C(OC(=O)C=Cc1ccc(-n2cnc(C)c2)c(OC)c1)C(=O)c1ccc(F)cc1. The lowest BCUT2D eigenvalue weighted by molar-refractivity contribution is -0.159. The minimum Gasteiger partial charge on any atom is -0.495 e. The van der Waals surface area contributed by atoms with Gasteiger partial charge in [-0.2, -0.15) is 0 Å². The molecule has 2 aromatic carbocycles. The van der Waals surface area contributed by atoms with Crippen LogP contribution in [0.2, 0.25) is 0 Å². The number of nitrogens with zero attached hydrogens (tertiary/aromatic N) is 2. The molecule has 1 heterocycles. The summed E-state index contributed by atoms with van der Waals surface area (Å²) in [6.45, 7) is 1.87. The van der Waals surface area contributed by atoms with Gasteiger partial charge < -0.3 is 18.8 Å². The molecule has 0 radical (unpaired) electrons. The number of ketones is 1. The number of hydrogen-bond acceptors (Lipinski definition) is 7. The highest BCUT2D eigenvalue weighted by molar-refractivity contribution is 6.12. The van der Waals surface area contributed by atoms with Crippen molar-refractivity contribution < 1.29 is 33.0 Å². The lowest BCUT2D eigenvalue weighted by Crippen LogP contribution is -2.35. The van der Waals surface area contributed by atoms with Gasteiger partial charge in [-0.25, -0.2) is 19.0 Å². The number of benzene rings is 2. The Morgan fingerprint density at radius 1 is 1.09 bits per heavy atom. The summed E-state index contributed by atoms with van der Waals surface area (Å²) in [5, 5.41) is 0. The van der Waals surface area contributed by atoms with Crippen molar-refractivity contribution in [2.75, 3.05) is 14.2 Å². The first-order valence-corrected chi connectivity index (χ1v) is 9.77. The molecule has 0 fully saturated rings. The van der Waals surface area contributed by atoms with E-state index < -0.39 is 29.6 Å². The number of esters is 2. The van der Waals surface area contributed by atoms with Crippen molar-refractivity contribution in [2.45, 2.75) is 13.0 Å². The Labute approximate surface area is 189 Å². The molecular weight excluding hydrogens is 431 g/mol. The van der Waals surface area contributed by atoms with Crippen molar-refractivity contribution in [2.24, 2.45) is 0 Å². The summed E-state index contributed by atoms with van der Waals surface area (Å²) in [6, 6.07) is 9.74. The average molecular weight is 452 g/mol. The number of rotatable bonds is 8. The number of aromatic nitrogens is 2. The molecule has 33 heavy (non-hydrogen) atoms. The van der Waals surface area contributed by atoms with Gasteiger partial charge >= 0.3 is 11.9 Å². The van der Waals surface area contributed by atoms with E-state index in [9.17, 15) is 18.8 Å². The van der Waals surface area contributed by atoms with Crippen LogP contribution in [0.5, 0.6) is 5.75 Å². The van der Waals surface area contributed by atoms with Crippen molar-refractivity contribution in [1.29, 1.82) is 0 Å². The van der Waals surface area contributed by atoms with Crippen molar-refractivity contribution in [3.05, 3.63) is 83.7 Å². The van der Waals surface area contributed by atoms with Crippen LogP contribution in [-0.2, 0) is 19.1 Å². The molecule has 8 nitrogen and oxygen atoms in total. The fraction of sp³-hybridized carbons (Fsp3) is 0.167. The molecule has 0 aliphatic rings. The molecule has 0 aliphatic heterocycles. The zero-order valence-corrected chi connectivity index (χ0v) is 18.2. The average Bonchev–Trinajstić information content (AvgIpc) is 3.26. The summed E-state index contributed by atoms with van der Waals surface area (Å²) >= 11 is 0. The molecule has 0 amide bonds. The van der Waals surface area contributed by atoms with Gasteiger partial charge in [-0.3, -0.25) is 4.79 Å². The summed E-state index contributed by atoms with van der Waals surface area (Å²) in [5.74, 6) is -2.82. The van der Waals surface area contributed by atoms with Gasteiger partial charge in [0, 0.05) is 17.8 Å². The molecule has 0 spiro atoms. The molecule has 1 unspecified atom stereocenters. The molecule has 0 aliphatic carbocycles. The maximum Gasteiger partial charge on any atom is 0.355 e. The second-order valence-electron chi connectivity index (χ2n) is 6.90. The van der Waals surface area contributed by atoms with Gasteiger partial charge in [-0.05, 0) is 55.0 Å². The zero-order chi connectivity index (χ0) is 24.0.